The van der Waals surface area contributed by atoms with Gasteiger partial charge in [-0.05, 0) is 35.1 Å². The summed E-state index contributed by atoms with van der Waals surface area (Å²) >= 11 is 11.4. The van der Waals surface area contributed by atoms with E-state index in [9.17, 15) is 4.79 Å². The Morgan fingerprint density at radius 3 is 2.95 bits per heavy atom. The Labute approximate surface area is 135 Å². The summed E-state index contributed by atoms with van der Waals surface area (Å²) in [5, 5.41) is 2.72. The van der Waals surface area contributed by atoms with E-state index in [0.29, 0.717) is 11.6 Å². The van der Waals surface area contributed by atoms with Crippen LogP contribution in [0, 0.1) is 0 Å². The van der Waals surface area contributed by atoms with Crippen molar-refractivity contribution in [2.45, 2.75) is 17.8 Å². The number of hydrogen-bond acceptors (Lipinski definition) is 2. The van der Waals surface area contributed by atoms with Crippen LogP contribution < -0.4 is 0 Å². The Morgan fingerprint density at radius 1 is 1.35 bits per heavy atom. The number of fused-ring (bicyclic) bond motifs is 1. The van der Waals surface area contributed by atoms with Crippen LogP contribution in [0.3, 0.4) is 0 Å². The Bertz CT molecular complexity index is 642. The maximum Gasteiger partial charge on any atom is 0.241 e. The molecule has 0 spiro atoms. The molecule has 0 saturated heterocycles. The fraction of sp³-hybridized carbons (Fsp3) is 0.267. The molecule has 1 aromatic heterocycles. The highest BCUT2D eigenvalue weighted by Gasteiger charge is 2.28. The molecular weight excluding hydrogens is 358 g/mol. The van der Waals surface area contributed by atoms with Gasteiger partial charge >= 0.3 is 0 Å². The average molecular weight is 371 g/mol. The summed E-state index contributed by atoms with van der Waals surface area (Å²) < 4.78 is 0. The summed E-state index contributed by atoms with van der Waals surface area (Å²) in [6.07, 6.45) is 0.945. The van der Waals surface area contributed by atoms with Gasteiger partial charge in [-0.3, -0.25) is 4.79 Å². The molecule has 2 nitrogen and oxygen atoms in total. The Morgan fingerprint density at radius 2 is 2.15 bits per heavy atom. The molecule has 104 valence electrons. The Kier molecular flexibility index (Phi) is 4.15. The van der Waals surface area contributed by atoms with Gasteiger partial charge in [0, 0.05) is 23.0 Å². The highest BCUT2D eigenvalue weighted by molar-refractivity contribution is 9.09. The molecule has 0 fully saturated rings. The van der Waals surface area contributed by atoms with Gasteiger partial charge in [-0.15, -0.1) is 11.3 Å². The van der Waals surface area contributed by atoms with Crippen molar-refractivity contribution >= 4 is 44.8 Å². The third kappa shape index (κ3) is 2.65. The van der Waals surface area contributed by atoms with E-state index >= 15 is 0 Å². The molecule has 1 aliphatic heterocycles. The number of carbonyl (C=O) groups excluding carboxylic acids is 1. The SMILES string of the molecule is O=C(C(Br)c1ccccc1Cl)N1CCc2sccc2C1. The van der Waals surface area contributed by atoms with Crippen LogP contribution in [-0.4, -0.2) is 17.4 Å². The fourth-order valence-electron chi connectivity index (χ4n) is 2.41. The lowest BCUT2D eigenvalue weighted by molar-refractivity contribution is -0.131. The predicted octanol–water partition coefficient (Wildman–Crippen LogP) is 4.42. The Balaban J connectivity index is 1.78. The van der Waals surface area contributed by atoms with Gasteiger partial charge in [-0.25, -0.2) is 0 Å². The zero-order valence-corrected chi connectivity index (χ0v) is 13.8. The van der Waals surface area contributed by atoms with Gasteiger partial charge in [0.05, 0.1) is 0 Å². The molecule has 1 unspecified atom stereocenters. The normalized spacial score (nSPS) is 15.8. The van der Waals surface area contributed by atoms with Crippen molar-refractivity contribution in [3.8, 4) is 0 Å². The summed E-state index contributed by atoms with van der Waals surface area (Å²) in [6, 6.07) is 9.58. The highest BCUT2D eigenvalue weighted by atomic mass is 79.9. The summed E-state index contributed by atoms with van der Waals surface area (Å²) in [7, 11) is 0. The summed E-state index contributed by atoms with van der Waals surface area (Å²) in [4.78, 5) is 15.5. The van der Waals surface area contributed by atoms with E-state index in [4.69, 9.17) is 11.6 Å². The zero-order valence-electron chi connectivity index (χ0n) is 10.7. The molecule has 0 saturated carbocycles. The van der Waals surface area contributed by atoms with Gasteiger partial charge in [-0.2, -0.15) is 0 Å². The van der Waals surface area contributed by atoms with E-state index in [1.54, 1.807) is 11.3 Å². The fourth-order valence-corrected chi connectivity index (χ4v) is 4.37. The van der Waals surface area contributed by atoms with Gasteiger partial charge in [0.25, 0.3) is 0 Å². The molecule has 5 heteroatoms. The first-order valence-corrected chi connectivity index (χ1v) is 8.56. The first-order chi connectivity index (χ1) is 9.66. The lowest BCUT2D eigenvalue weighted by Gasteiger charge is -2.29. The number of halogens is 2. The van der Waals surface area contributed by atoms with Gasteiger partial charge in [0.1, 0.15) is 4.83 Å². The summed E-state index contributed by atoms with van der Waals surface area (Å²) in [6.45, 7) is 1.48. The molecule has 0 radical (unpaired) electrons. The standard InChI is InChI=1S/C15H13BrClNOS/c16-14(11-3-1-2-4-12(11)17)15(19)18-7-5-13-10(9-18)6-8-20-13/h1-4,6,8,14H,5,7,9H2. The maximum atomic E-state index is 12.6. The monoisotopic (exact) mass is 369 g/mol. The number of hydrogen-bond donors (Lipinski definition) is 0. The molecule has 0 N–H and O–H groups in total. The van der Waals surface area contributed by atoms with Crippen LogP contribution in [0.15, 0.2) is 35.7 Å². The largest absolute Gasteiger partial charge is 0.337 e. The van der Waals surface area contributed by atoms with Crippen LogP contribution in [-0.2, 0) is 17.8 Å². The third-order valence-corrected chi connectivity index (χ3v) is 5.77. The minimum absolute atomic E-state index is 0.0787. The quantitative estimate of drug-likeness (QED) is 0.717. The zero-order chi connectivity index (χ0) is 14.1. The topological polar surface area (TPSA) is 20.3 Å². The van der Waals surface area contributed by atoms with E-state index in [1.165, 1.54) is 10.4 Å². The second-order valence-electron chi connectivity index (χ2n) is 4.76. The van der Waals surface area contributed by atoms with Gasteiger partial charge in [0.15, 0.2) is 0 Å². The second kappa shape index (κ2) is 5.88. The van der Waals surface area contributed by atoms with Crippen molar-refractivity contribution in [2.75, 3.05) is 6.54 Å². The molecule has 20 heavy (non-hydrogen) atoms. The molecule has 2 heterocycles. The number of benzene rings is 1. The van der Waals surface area contributed by atoms with Gasteiger partial charge < -0.3 is 4.90 Å². The average Bonchev–Trinajstić information content (AvgIpc) is 2.93. The molecule has 3 rings (SSSR count). The second-order valence-corrected chi connectivity index (χ2v) is 7.09. The van der Waals surface area contributed by atoms with E-state index < -0.39 is 0 Å². The van der Waals surface area contributed by atoms with Crippen molar-refractivity contribution in [2.24, 2.45) is 0 Å². The molecule has 0 bridgehead atoms. The van der Waals surface area contributed by atoms with Crippen LogP contribution in [0.2, 0.25) is 5.02 Å². The van der Waals surface area contributed by atoms with E-state index in [0.717, 1.165) is 18.5 Å². The first-order valence-electron chi connectivity index (χ1n) is 6.39. The van der Waals surface area contributed by atoms with Crippen molar-refractivity contribution in [3.05, 3.63) is 56.7 Å². The van der Waals surface area contributed by atoms with Crippen LogP contribution in [0.25, 0.3) is 0 Å². The lowest BCUT2D eigenvalue weighted by Crippen LogP contribution is -2.37. The van der Waals surface area contributed by atoms with Crippen molar-refractivity contribution in [1.82, 2.24) is 4.90 Å². The van der Waals surface area contributed by atoms with Crippen molar-refractivity contribution in [1.29, 1.82) is 0 Å². The molecule has 2 aromatic rings. The number of alkyl halides is 1. The minimum atomic E-state index is -0.378. The van der Waals surface area contributed by atoms with Gasteiger partial charge in [-0.1, -0.05) is 45.7 Å². The van der Waals surface area contributed by atoms with Crippen LogP contribution in [0.1, 0.15) is 20.8 Å². The molecule has 1 aliphatic rings. The summed E-state index contributed by atoms with van der Waals surface area (Å²) in [5.41, 5.74) is 2.10. The highest BCUT2D eigenvalue weighted by Crippen LogP contribution is 2.33. The van der Waals surface area contributed by atoms with Crippen molar-refractivity contribution < 1.29 is 4.79 Å². The number of nitrogens with zero attached hydrogens (tertiary/aromatic N) is 1. The smallest absolute Gasteiger partial charge is 0.241 e. The van der Waals surface area contributed by atoms with E-state index in [2.05, 4.69) is 27.4 Å². The number of carbonyl (C=O) groups is 1. The molecular formula is C15H13BrClNOS. The third-order valence-electron chi connectivity index (χ3n) is 3.51. The molecule has 1 atom stereocenters. The van der Waals surface area contributed by atoms with Gasteiger partial charge in [0.2, 0.25) is 5.91 Å². The number of thiophene rings is 1. The van der Waals surface area contributed by atoms with Crippen LogP contribution in [0.4, 0.5) is 0 Å². The van der Waals surface area contributed by atoms with E-state index in [-0.39, 0.29) is 10.7 Å². The first kappa shape index (κ1) is 14.1. The maximum absolute atomic E-state index is 12.6. The van der Waals surface area contributed by atoms with E-state index in [1.807, 2.05) is 29.2 Å². The van der Waals surface area contributed by atoms with Crippen LogP contribution in [0.5, 0.6) is 0 Å². The molecule has 0 aliphatic carbocycles. The molecule has 1 aromatic carbocycles. The Hall–Kier alpha value is -0.840. The van der Waals surface area contributed by atoms with Crippen molar-refractivity contribution in [3.63, 3.8) is 0 Å². The van der Waals surface area contributed by atoms with Crippen LogP contribution >= 0.6 is 38.9 Å². The molecule has 1 amide bonds. The number of rotatable bonds is 2. The number of amides is 1. The summed E-state index contributed by atoms with van der Waals surface area (Å²) in [5.74, 6) is 0.0787. The predicted molar refractivity (Wildman–Crippen MR) is 86.6 cm³/mol. The minimum Gasteiger partial charge on any atom is -0.337 e. The lowest BCUT2D eigenvalue weighted by atomic mass is 10.1.